The van der Waals surface area contributed by atoms with Gasteiger partial charge in [-0.05, 0) is 49.6 Å². The first kappa shape index (κ1) is 28.6. The van der Waals surface area contributed by atoms with Gasteiger partial charge >= 0.3 is 12.0 Å². The number of H-pyrrole nitrogens is 1. The predicted molar refractivity (Wildman–Crippen MR) is 151 cm³/mol. The van der Waals surface area contributed by atoms with Gasteiger partial charge in [-0.2, -0.15) is 0 Å². The number of para-hydroxylation sites is 1. The van der Waals surface area contributed by atoms with Gasteiger partial charge in [0, 0.05) is 55.3 Å². The molecule has 6 N–H and O–H groups in total. The van der Waals surface area contributed by atoms with Gasteiger partial charge in [0.25, 0.3) is 5.91 Å². The number of carboxylic acid groups (broad SMARTS) is 1. The van der Waals surface area contributed by atoms with Crippen LogP contribution in [0.15, 0.2) is 60.8 Å². The summed E-state index contributed by atoms with van der Waals surface area (Å²) in [7, 11) is 0. The van der Waals surface area contributed by atoms with E-state index < -0.39 is 30.0 Å². The average molecular weight is 549 g/mol. The number of rotatable bonds is 11. The number of carboxylic acids is 1. The largest absolute Gasteiger partial charge is 0.480 e. The maximum absolute atomic E-state index is 13.4. The number of aromatic nitrogens is 1. The number of carbonyl (C=O) groups excluding carboxylic acids is 3. The molecule has 4 amide bonds. The highest BCUT2D eigenvalue weighted by molar-refractivity contribution is 5.94. The Hall–Kier alpha value is -4.38. The van der Waals surface area contributed by atoms with E-state index >= 15 is 0 Å². The molecule has 11 heteroatoms. The second kappa shape index (κ2) is 13.6. The Bertz CT molecular complexity index is 1320. The molecule has 2 atom stereocenters. The zero-order valence-electron chi connectivity index (χ0n) is 22.3. The van der Waals surface area contributed by atoms with Gasteiger partial charge in [-0.25, -0.2) is 9.59 Å². The van der Waals surface area contributed by atoms with E-state index in [1.165, 1.54) is 0 Å². The van der Waals surface area contributed by atoms with Crippen LogP contribution in [0.2, 0.25) is 0 Å². The second-order valence-corrected chi connectivity index (χ2v) is 9.89. The van der Waals surface area contributed by atoms with E-state index in [0.717, 1.165) is 16.5 Å². The number of hydrogen-bond donors (Lipinski definition) is 5. The highest BCUT2D eigenvalue weighted by atomic mass is 16.4. The Morgan fingerprint density at radius 3 is 2.25 bits per heavy atom. The van der Waals surface area contributed by atoms with Crippen LogP contribution in [-0.4, -0.2) is 88.5 Å². The van der Waals surface area contributed by atoms with Crippen LogP contribution in [0.25, 0.3) is 10.9 Å². The molecular weight excluding hydrogens is 512 g/mol. The molecule has 0 bridgehead atoms. The van der Waals surface area contributed by atoms with Crippen molar-refractivity contribution in [1.82, 2.24) is 25.4 Å². The Morgan fingerprint density at radius 1 is 0.875 bits per heavy atom. The lowest BCUT2D eigenvalue weighted by Crippen LogP contribution is -2.58. The first-order valence-corrected chi connectivity index (χ1v) is 13.6. The molecule has 3 aromatic rings. The minimum absolute atomic E-state index is 0.0911. The standard InChI is InChI=1S/C29H36N6O5/c30-13-7-6-12-24(28(38)39)32-26(36)25(18-21-19-31-23-11-5-4-10-22(21)23)33-29(40)35-16-14-34(15-17-35)27(37)20-8-2-1-3-9-20/h1-5,8-11,19,24-25,31H,6-7,12-18,30H2,(H,32,36)(H,33,40)(H,38,39). The molecule has 11 nitrogen and oxygen atoms in total. The third-order valence-electron chi connectivity index (χ3n) is 7.15. The van der Waals surface area contributed by atoms with Crippen molar-refractivity contribution in [1.29, 1.82) is 0 Å². The van der Waals surface area contributed by atoms with Crippen LogP contribution < -0.4 is 16.4 Å². The molecule has 1 saturated heterocycles. The van der Waals surface area contributed by atoms with E-state index in [-0.39, 0.29) is 18.7 Å². The van der Waals surface area contributed by atoms with E-state index in [0.29, 0.717) is 51.1 Å². The van der Waals surface area contributed by atoms with E-state index in [4.69, 9.17) is 5.73 Å². The van der Waals surface area contributed by atoms with Crippen LogP contribution in [0.4, 0.5) is 4.79 Å². The Balaban J connectivity index is 1.44. The number of benzene rings is 2. The Labute approximate surface area is 232 Å². The molecule has 4 rings (SSSR count). The molecule has 2 aromatic carbocycles. The lowest BCUT2D eigenvalue weighted by Gasteiger charge is -2.35. The average Bonchev–Trinajstić information content (AvgIpc) is 3.39. The summed E-state index contributed by atoms with van der Waals surface area (Å²) in [6.07, 6.45) is 3.40. The van der Waals surface area contributed by atoms with Crippen molar-refractivity contribution in [3.63, 3.8) is 0 Å². The maximum Gasteiger partial charge on any atom is 0.326 e. The fourth-order valence-electron chi connectivity index (χ4n) is 4.87. The van der Waals surface area contributed by atoms with Crippen molar-refractivity contribution >= 4 is 34.7 Å². The summed E-state index contributed by atoms with van der Waals surface area (Å²) in [5.41, 5.74) is 7.84. The number of amides is 4. The van der Waals surface area contributed by atoms with Crippen molar-refractivity contribution in [2.45, 2.75) is 37.8 Å². The third kappa shape index (κ3) is 7.17. The van der Waals surface area contributed by atoms with Gasteiger partial charge in [0.05, 0.1) is 0 Å². The number of nitrogens with one attached hydrogen (secondary N) is 3. The molecule has 40 heavy (non-hydrogen) atoms. The zero-order valence-corrected chi connectivity index (χ0v) is 22.3. The molecule has 1 fully saturated rings. The minimum Gasteiger partial charge on any atom is -0.480 e. The zero-order chi connectivity index (χ0) is 28.5. The number of piperazine rings is 1. The van der Waals surface area contributed by atoms with Gasteiger partial charge in [-0.1, -0.05) is 36.4 Å². The number of fused-ring (bicyclic) bond motifs is 1. The molecule has 0 aliphatic carbocycles. The van der Waals surface area contributed by atoms with Crippen molar-refractivity contribution < 1.29 is 24.3 Å². The lowest BCUT2D eigenvalue weighted by atomic mass is 10.0. The first-order chi connectivity index (χ1) is 19.4. The van der Waals surface area contributed by atoms with Crippen molar-refractivity contribution in [2.75, 3.05) is 32.7 Å². The summed E-state index contributed by atoms with van der Waals surface area (Å²) in [6.45, 7) is 1.78. The lowest BCUT2D eigenvalue weighted by molar-refractivity contribution is -0.142. The van der Waals surface area contributed by atoms with Gasteiger partial charge in [0.15, 0.2) is 0 Å². The van der Waals surface area contributed by atoms with Gasteiger partial charge < -0.3 is 36.3 Å². The predicted octanol–water partition coefficient (Wildman–Crippen LogP) is 1.95. The monoisotopic (exact) mass is 548 g/mol. The smallest absolute Gasteiger partial charge is 0.326 e. The van der Waals surface area contributed by atoms with Crippen LogP contribution >= 0.6 is 0 Å². The van der Waals surface area contributed by atoms with E-state index in [1.807, 2.05) is 42.5 Å². The summed E-state index contributed by atoms with van der Waals surface area (Å²) >= 11 is 0. The topological polar surface area (TPSA) is 161 Å². The van der Waals surface area contributed by atoms with Gasteiger partial charge in [0.1, 0.15) is 12.1 Å². The molecule has 2 unspecified atom stereocenters. The quantitative estimate of drug-likeness (QED) is 0.230. The fourth-order valence-corrected chi connectivity index (χ4v) is 4.87. The van der Waals surface area contributed by atoms with Crippen LogP contribution in [0.1, 0.15) is 35.2 Å². The summed E-state index contributed by atoms with van der Waals surface area (Å²) in [6, 6.07) is 14.1. The van der Waals surface area contributed by atoms with Crippen molar-refractivity contribution in [3.8, 4) is 0 Å². The number of nitrogens with two attached hydrogens (primary N) is 1. The maximum atomic E-state index is 13.4. The summed E-state index contributed by atoms with van der Waals surface area (Å²) < 4.78 is 0. The second-order valence-electron chi connectivity index (χ2n) is 9.89. The molecule has 212 valence electrons. The molecule has 1 aliphatic heterocycles. The van der Waals surface area contributed by atoms with Crippen molar-refractivity contribution in [2.24, 2.45) is 5.73 Å². The highest BCUT2D eigenvalue weighted by Gasteiger charge is 2.30. The van der Waals surface area contributed by atoms with E-state index in [2.05, 4.69) is 15.6 Å². The number of urea groups is 1. The van der Waals surface area contributed by atoms with E-state index in [9.17, 15) is 24.3 Å². The van der Waals surface area contributed by atoms with Crippen LogP contribution in [0.3, 0.4) is 0 Å². The number of nitrogens with zero attached hydrogens (tertiary/aromatic N) is 2. The third-order valence-corrected chi connectivity index (χ3v) is 7.15. The van der Waals surface area contributed by atoms with Gasteiger partial charge in [0.2, 0.25) is 5.91 Å². The summed E-state index contributed by atoms with van der Waals surface area (Å²) in [5.74, 6) is -1.80. The molecule has 2 heterocycles. The van der Waals surface area contributed by atoms with Crippen molar-refractivity contribution in [3.05, 3.63) is 71.9 Å². The number of hydrogen-bond acceptors (Lipinski definition) is 5. The number of aliphatic carboxylic acids is 1. The highest BCUT2D eigenvalue weighted by Crippen LogP contribution is 2.20. The number of aromatic amines is 1. The normalized spacial score (nSPS) is 14.9. The van der Waals surface area contributed by atoms with E-state index in [1.54, 1.807) is 28.1 Å². The molecule has 0 saturated carbocycles. The summed E-state index contributed by atoms with van der Waals surface area (Å²) in [4.78, 5) is 57.7. The first-order valence-electron chi connectivity index (χ1n) is 13.6. The molecule has 1 aliphatic rings. The minimum atomic E-state index is -1.14. The SMILES string of the molecule is NCCCCC(NC(=O)C(Cc1c[nH]c2ccccc12)NC(=O)N1CCN(C(=O)c2ccccc2)CC1)C(=O)O. The van der Waals surface area contributed by atoms with Crippen LogP contribution in [-0.2, 0) is 16.0 Å². The molecular formula is C29H36N6O5. The molecule has 1 aromatic heterocycles. The number of unbranched alkanes of at least 4 members (excludes halogenated alkanes) is 1. The fraction of sp³-hybridized carbons (Fsp3) is 0.379. The molecule has 0 radical (unpaired) electrons. The van der Waals surface area contributed by atoms with Crippen LogP contribution in [0.5, 0.6) is 0 Å². The molecule has 0 spiro atoms. The number of carbonyl (C=O) groups is 4. The Morgan fingerprint density at radius 2 is 1.55 bits per heavy atom. The van der Waals surface area contributed by atoms with Gasteiger partial charge in [-0.15, -0.1) is 0 Å². The van der Waals surface area contributed by atoms with Gasteiger partial charge in [-0.3, -0.25) is 9.59 Å². The Kier molecular flexibility index (Phi) is 9.74. The summed E-state index contributed by atoms with van der Waals surface area (Å²) in [5, 5.41) is 16.0. The van der Waals surface area contributed by atoms with Crippen LogP contribution in [0, 0.1) is 0 Å².